The number of rotatable bonds is 5. The van der Waals surface area contributed by atoms with Gasteiger partial charge in [0.2, 0.25) is 5.91 Å². The molecule has 0 aromatic rings. The quantitative estimate of drug-likeness (QED) is 0.731. The second kappa shape index (κ2) is 5.17. The van der Waals surface area contributed by atoms with Crippen LogP contribution in [0, 0.1) is 22.7 Å². The molecule has 1 unspecified atom stereocenters. The van der Waals surface area contributed by atoms with Crippen LogP contribution in [-0.4, -0.2) is 35.0 Å². The Morgan fingerprint density at radius 2 is 2.12 bits per heavy atom. The van der Waals surface area contributed by atoms with E-state index in [1.807, 2.05) is 0 Å². The minimum absolute atomic E-state index is 0.273. The van der Waals surface area contributed by atoms with Crippen LogP contribution in [0.2, 0.25) is 0 Å². The average molecular weight is 238 g/mol. The van der Waals surface area contributed by atoms with Gasteiger partial charge >= 0.3 is 5.97 Å². The summed E-state index contributed by atoms with van der Waals surface area (Å²) in [6, 6.07) is 2.06. The van der Waals surface area contributed by atoms with E-state index in [0.29, 0.717) is 25.9 Å². The summed E-state index contributed by atoms with van der Waals surface area (Å²) in [5.41, 5.74) is -1.22. The number of hydrogen-bond acceptors (Lipinski definition) is 3. The zero-order valence-electron chi connectivity index (χ0n) is 10.3. The minimum Gasteiger partial charge on any atom is -0.480 e. The molecule has 1 N–H and O–H groups in total. The SMILES string of the molecule is CCN(CC(C)C#N)C(=O)C1(C(=O)O)CCC1. The molecule has 1 amide bonds. The summed E-state index contributed by atoms with van der Waals surface area (Å²) in [5, 5.41) is 17.9. The first-order valence-electron chi connectivity index (χ1n) is 5.90. The molecule has 5 nitrogen and oxygen atoms in total. The van der Waals surface area contributed by atoms with Crippen LogP contribution in [0.4, 0.5) is 0 Å². The molecule has 0 radical (unpaired) electrons. The van der Waals surface area contributed by atoms with E-state index in [0.717, 1.165) is 6.42 Å². The summed E-state index contributed by atoms with van der Waals surface area (Å²) in [4.78, 5) is 24.9. The van der Waals surface area contributed by atoms with Gasteiger partial charge < -0.3 is 10.0 Å². The van der Waals surface area contributed by atoms with E-state index in [1.165, 1.54) is 4.90 Å². The molecule has 1 aliphatic carbocycles. The van der Waals surface area contributed by atoms with E-state index < -0.39 is 11.4 Å². The van der Waals surface area contributed by atoms with Gasteiger partial charge in [-0.3, -0.25) is 9.59 Å². The molecule has 17 heavy (non-hydrogen) atoms. The van der Waals surface area contributed by atoms with Gasteiger partial charge in [0.05, 0.1) is 12.0 Å². The molecule has 94 valence electrons. The number of carboxylic acids is 1. The molecule has 1 rings (SSSR count). The number of nitrogens with zero attached hydrogens (tertiary/aromatic N) is 2. The second-order valence-corrected chi connectivity index (χ2v) is 4.61. The molecule has 0 aliphatic heterocycles. The van der Waals surface area contributed by atoms with Gasteiger partial charge in [-0.1, -0.05) is 6.42 Å². The van der Waals surface area contributed by atoms with E-state index in [2.05, 4.69) is 6.07 Å². The standard InChI is InChI=1S/C12H18N2O3/c1-3-14(8-9(2)7-13)10(15)12(11(16)17)5-4-6-12/h9H,3-6,8H2,1-2H3,(H,16,17). The third-order valence-electron chi connectivity index (χ3n) is 3.41. The molecular weight excluding hydrogens is 220 g/mol. The highest BCUT2D eigenvalue weighted by Crippen LogP contribution is 2.42. The number of carboxylic acid groups (broad SMARTS) is 1. The van der Waals surface area contributed by atoms with Crippen molar-refractivity contribution in [1.82, 2.24) is 4.90 Å². The second-order valence-electron chi connectivity index (χ2n) is 4.61. The number of amides is 1. The fourth-order valence-corrected chi connectivity index (χ4v) is 2.08. The van der Waals surface area contributed by atoms with Crippen molar-refractivity contribution in [3.8, 4) is 6.07 Å². The van der Waals surface area contributed by atoms with Crippen LogP contribution in [0.3, 0.4) is 0 Å². The van der Waals surface area contributed by atoms with E-state index in [9.17, 15) is 14.7 Å². The van der Waals surface area contributed by atoms with Crippen LogP contribution in [0.5, 0.6) is 0 Å². The average Bonchev–Trinajstić information content (AvgIpc) is 2.22. The molecule has 0 aromatic heterocycles. The molecule has 5 heteroatoms. The zero-order valence-corrected chi connectivity index (χ0v) is 10.3. The van der Waals surface area contributed by atoms with Crippen molar-refractivity contribution in [2.75, 3.05) is 13.1 Å². The maximum Gasteiger partial charge on any atom is 0.319 e. The molecule has 0 aromatic carbocycles. The lowest BCUT2D eigenvalue weighted by atomic mass is 9.67. The zero-order chi connectivity index (χ0) is 13.1. The monoisotopic (exact) mass is 238 g/mol. The number of hydrogen-bond donors (Lipinski definition) is 1. The van der Waals surface area contributed by atoms with Crippen molar-refractivity contribution in [2.45, 2.75) is 33.1 Å². The van der Waals surface area contributed by atoms with Gasteiger partial charge in [-0.25, -0.2) is 0 Å². The van der Waals surface area contributed by atoms with Crippen molar-refractivity contribution in [1.29, 1.82) is 5.26 Å². The number of nitriles is 1. The summed E-state index contributed by atoms with van der Waals surface area (Å²) >= 11 is 0. The van der Waals surface area contributed by atoms with Crippen LogP contribution in [0.25, 0.3) is 0 Å². The summed E-state index contributed by atoms with van der Waals surface area (Å²) in [5.74, 6) is -1.64. The van der Waals surface area contributed by atoms with Crippen molar-refractivity contribution < 1.29 is 14.7 Å². The van der Waals surface area contributed by atoms with E-state index in [1.54, 1.807) is 13.8 Å². The summed E-state index contributed by atoms with van der Waals surface area (Å²) in [6.45, 7) is 4.28. The molecule has 0 saturated heterocycles. The lowest BCUT2D eigenvalue weighted by molar-refractivity contribution is -0.167. The van der Waals surface area contributed by atoms with Gasteiger partial charge in [-0.05, 0) is 26.7 Å². The van der Waals surface area contributed by atoms with Crippen LogP contribution in [0.15, 0.2) is 0 Å². The molecule has 0 heterocycles. The van der Waals surface area contributed by atoms with Gasteiger partial charge in [0, 0.05) is 13.1 Å². The minimum atomic E-state index is -1.22. The molecule has 0 spiro atoms. The van der Waals surface area contributed by atoms with E-state index >= 15 is 0 Å². The Labute approximate surface area is 101 Å². The first-order chi connectivity index (χ1) is 7.97. The van der Waals surface area contributed by atoms with E-state index in [-0.39, 0.29) is 11.8 Å². The molecule has 0 bridgehead atoms. The Hall–Kier alpha value is -1.57. The van der Waals surface area contributed by atoms with Gasteiger partial charge in [-0.2, -0.15) is 5.26 Å². The predicted molar refractivity (Wildman–Crippen MR) is 61.0 cm³/mol. The van der Waals surface area contributed by atoms with Gasteiger partial charge in [0.15, 0.2) is 0 Å². The Bertz CT molecular complexity index is 355. The Morgan fingerprint density at radius 1 is 1.53 bits per heavy atom. The van der Waals surface area contributed by atoms with Crippen molar-refractivity contribution >= 4 is 11.9 Å². The Morgan fingerprint density at radius 3 is 2.41 bits per heavy atom. The van der Waals surface area contributed by atoms with Crippen LogP contribution in [-0.2, 0) is 9.59 Å². The lowest BCUT2D eigenvalue weighted by Gasteiger charge is -2.40. The summed E-state index contributed by atoms with van der Waals surface area (Å²) < 4.78 is 0. The van der Waals surface area contributed by atoms with Crippen LogP contribution >= 0.6 is 0 Å². The van der Waals surface area contributed by atoms with Crippen LogP contribution in [0.1, 0.15) is 33.1 Å². The number of carbonyl (C=O) groups excluding carboxylic acids is 1. The first kappa shape index (κ1) is 13.5. The molecular formula is C12H18N2O3. The van der Waals surface area contributed by atoms with Crippen LogP contribution < -0.4 is 0 Å². The molecule has 1 aliphatic rings. The summed E-state index contributed by atoms with van der Waals surface area (Å²) in [7, 11) is 0. The smallest absolute Gasteiger partial charge is 0.319 e. The van der Waals surface area contributed by atoms with Gasteiger partial charge in [0.1, 0.15) is 5.41 Å². The highest BCUT2D eigenvalue weighted by molar-refractivity contribution is 6.02. The molecule has 1 fully saturated rings. The predicted octanol–water partition coefficient (Wildman–Crippen LogP) is 1.25. The Kier molecular flexibility index (Phi) is 4.11. The highest BCUT2D eigenvalue weighted by atomic mass is 16.4. The third kappa shape index (κ3) is 2.41. The third-order valence-corrected chi connectivity index (χ3v) is 3.41. The van der Waals surface area contributed by atoms with Crippen molar-refractivity contribution in [3.05, 3.63) is 0 Å². The normalized spacial score (nSPS) is 18.6. The van der Waals surface area contributed by atoms with Gasteiger partial charge in [0.25, 0.3) is 0 Å². The maximum atomic E-state index is 12.2. The van der Waals surface area contributed by atoms with Crippen molar-refractivity contribution in [2.24, 2.45) is 11.3 Å². The van der Waals surface area contributed by atoms with Crippen molar-refractivity contribution in [3.63, 3.8) is 0 Å². The fourth-order valence-electron chi connectivity index (χ4n) is 2.08. The maximum absolute atomic E-state index is 12.2. The molecule has 1 atom stereocenters. The number of carbonyl (C=O) groups is 2. The largest absolute Gasteiger partial charge is 0.480 e. The summed E-state index contributed by atoms with van der Waals surface area (Å²) in [6.07, 6.45) is 1.61. The highest BCUT2D eigenvalue weighted by Gasteiger charge is 2.52. The topological polar surface area (TPSA) is 81.4 Å². The van der Waals surface area contributed by atoms with E-state index in [4.69, 9.17) is 5.26 Å². The molecule has 1 saturated carbocycles. The Balaban J connectivity index is 2.79. The number of aliphatic carboxylic acids is 1. The fraction of sp³-hybridized carbons (Fsp3) is 0.750. The first-order valence-corrected chi connectivity index (χ1v) is 5.90. The lowest BCUT2D eigenvalue weighted by Crippen LogP contribution is -2.53. The van der Waals surface area contributed by atoms with Gasteiger partial charge in [-0.15, -0.1) is 0 Å².